The van der Waals surface area contributed by atoms with E-state index in [4.69, 9.17) is 5.26 Å². The van der Waals surface area contributed by atoms with E-state index in [1.165, 1.54) is 4.90 Å². The lowest BCUT2D eigenvalue weighted by atomic mass is 10.1. The number of rotatable bonds is 2. The van der Waals surface area contributed by atoms with Crippen LogP contribution in [0.5, 0.6) is 0 Å². The standard InChI is InChI=1S/C16H13BrN2O/c1-11-7-13(9-14(17)8-11)16(20)19(2)15-6-4-3-5-12(15)10-18/h3-9H,1-2H3. The molecular weight excluding hydrogens is 316 g/mol. The maximum Gasteiger partial charge on any atom is 0.258 e. The van der Waals surface area contributed by atoms with Gasteiger partial charge in [0, 0.05) is 17.1 Å². The van der Waals surface area contributed by atoms with Gasteiger partial charge in [-0.05, 0) is 42.8 Å². The third kappa shape index (κ3) is 2.89. The van der Waals surface area contributed by atoms with Gasteiger partial charge in [-0.25, -0.2) is 0 Å². The number of halogens is 1. The van der Waals surface area contributed by atoms with Gasteiger partial charge in [-0.15, -0.1) is 0 Å². The van der Waals surface area contributed by atoms with E-state index in [0.717, 1.165) is 10.0 Å². The van der Waals surface area contributed by atoms with Gasteiger partial charge < -0.3 is 4.90 Å². The van der Waals surface area contributed by atoms with E-state index in [2.05, 4.69) is 22.0 Å². The van der Waals surface area contributed by atoms with Gasteiger partial charge >= 0.3 is 0 Å². The van der Waals surface area contributed by atoms with Crippen LogP contribution >= 0.6 is 15.9 Å². The summed E-state index contributed by atoms with van der Waals surface area (Å²) in [5.41, 5.74) is 2.68. The highest BCUT2D eigenvalue weighted by atomic mass is 79.9. The average molecular weight is 329 g/mol. The molecule has 0 spiro atoms. The first-order valence-electron chi connectivity index (χ1n) is 6.07. The van der Waals surface area contributed by atoms with Gasteiger partial charge in [-0.1, -0.05) is 28.1 Å². The van der Waals surface area contributed by atoms with Crippen molar-refractivity contribution in [3.8, 4) is 6.07 Å². The number of benzene rings is 2. The number of amides is 1. The molecule has 2 rings (SSSR count). The number of hydrogen-bond donors (Lipinski definition) is 0. The second-order valence-corrected chi connectivity index (χ2v) is 5.43. The smallest absolute Gasteiger partial charge is 0.258 e. The van der Waals surface area contributed by atoms with Crippen LogP contribution in [0.25, 0.3) is 0 Å². The Morgan fingerprint density at radius 2 is 1.95 bits per heavy atom. The van der Waals surface area contributed by atoms with Crippen LogP contribution in [0.2, 0.25) is 0 Å². The number of nitriles is 1. The Kier molecular flexibility index (Phi) is 4.21. The van der Waals surface area contributed by atoms with Crippen molar-refractivity contribution in [1.29, 1.82) is 5.26 Å². The van der Waals surface area contributed by atoms with Crippen LogP contribution in [0.4, 0.5) is 5.69 Å². The number of carbonyl (C=O) groups is 1. The summed E-state index contributed by atoms with van der Waals surface area (Å²) in [5, 5.41) is 9.11. The van der Waals surface area contributed by atoms with Crippen LogP contribution in [0.3, 0.4) is 0 Å². The molecule has 0 radical (unpaired) electrons. The van der Waals surface area contributed by atoms with Crippen molar-refractivity contribution in [2.24, 2.45) is 0 Å². The molecule has 0 N–H and O–H groups in total. The zero-order chi connectivity index (χ0) is 14.7. The van der Waals surface area contributed by atoms with Gasteiger partial charge in [-0.2, -0.15) is 5.26 Å². The number of para-hydroxylation sites is 1. The van der Waals surface area contributed by atoms with Gasteiger partial charge in [0.2, 0.25) is 0 Å². The quantitative estimate of drug-likeness (QED) is 0.838. The zero-order valence-electron chi connectivity index (χ0n) is 11.2. The van der Waals surface area contributed by atoms with Gasteiger partial charge in [0.05, 0.1) is 11.3 Å². The van der Waals surface area contributed by atoms with Crippen LogP contribution in [0.1, 0.15) is 21.5 Å². The normalized spacial score (nSPS) is 9.90. The van der Waals surface area contributed by atoms with Crippen molar-refractivity contribution < 1.29 is 4.79 Å². The Bertz CT molecular complexity index is 684. The molecule has 4 heteroatoms. The first-order valence-corrected chi connectivity index (χ1v) is 6.86. The fraction of sp³-hybridized carbons (Fsp3) is 0.125. The lowest BCUT2D eigenvalue weighted by molar-refractivity contribution is 0.0993. The van der Waals surface area contributed by atoms with Crippen molar-refractivity contribution in [2.45, 2.75) is 6.92 Å². The minimum Gasteiger partial charge on any atom is -0.310 e. The van der Waals surface area contributed by atoms with Crippen LogP contribution < -0.4 is 4.90 Å². The zero-order valence-corrected chi connectivity index (χ0v) is 12.8. The third-order valence-electron chi connectivity index (χ3n) is 2.98. The Morgan fingerprint density at radius 1 is 1.25 bits per heavy atom. The minimum absolute atomic E-state index is 0.142. The number of hydrogen-bond acceptors (Lipinski definition) is 2. The molecule has 20 heavy (non-hydrogen) atoms. The average Bonchev–Trinajstić information content (AvgIpc) is 2.44. The maximum atomic E-state index is 12.5. The Hall–Kier alpha value is -2.12. The highest BCUT2D eigenvalue weighted by molar-refractivity contribution is 9.10. The molecule has 0 saturated carbocycles. The molecular formula is C16H13BrN2O. The number of anilines is 1. The lowest BCUT2D eigenvalue weighted by Crippen LogP contribution is -2.27. The number of carbonyl (C=O) groups excluding carboxylic acids is 1. The van der Waals surface area contributed by atoms with E-state index in [1.54, 1.807) is 31.3 Å². The Morgan fingerprint density at radius 3 is 2.60 bits per heavy atom. The van der Waals surface area contributed by atoms with Gasteiger partial charge in [0.1, 0.15) is 6.07 Å². The molecule has 0 atom stereocenters. The molecule has 1 amide bonds. The number of nitrogens with zero attached hydrogens (tertiary/aromatic N) is 2. The third-order valence-corrected chi connectivity index (χ3v) is 3.44. The van der Waals surface area contributed by atoms with E-state index in [-0.39, 0.29) is 5.91 Å². The van der Waals surface area contributed by atoms with Crippen molar-refractivity contribution in [3.63, 3.8) is 0 Å². The molecule has 0 aliphatic carbocycles. The van der Waals surface area contributed by atoms with E-state index >= 15 is 0 Å². The monoisotopic (exact) mass is 328 g/mol. The predicted octanol–water partition coefficient (Wildman–Crippen LogP) is 3.91. The van der Waals surface area contributed by atoms with Crippen LogP contribution in [0.15, 0.2) is 46.9 Å². The Balaban J connectivity index is 2.40. The molecule has 2 aromatic rings. The molecule has 0 aromatic heterocycles. The molecule has 3 nitrogen and oxygen atoms in total. The van der Waals surface area contributed by atoms with Crippen molar-refractivity contribution in [2.75, 3.05) is 11.9 Å². The van der Waals surface area contributed by atoms with Crippen LogP contribution in [-0.4, -0.2) is 13.0 Å². The van der Waals surface area contributed by atoms with Crippen molar-refractivity contribution in [3.05, 3.63) is 63.6 Å². The molecule has 100 valence electrons. The summed E-state index contributed by atoms with van der Waals surface area (Å²) >= 11 is 3.39. The molecule has 0 aliphatic heterocycles. The summed E-state index contributed by atoms with van der Waals surface area (Å²) in [4.78, 5) is 14.0. The highest BCUT2D eigenvalue weighted by Gasteiger charge is 2.16. The van der Waals surface area contributed by atoms with E-state index in [0.29, 0.717) is 16.8 Å². The summed E-state index contributed by atoms with van der Waals surface area (Å²) in [5.74, 6) is -0.142. The van der Waals surface area contributed by atoms with E-state index in [1.807, 2.05) is 25.1 Å². The molecule has 0 heterocycles. The van der Waals surface area contributed by atoms with Crippen molar-refractivity contribution in [1.82, 2.24) is 0 Å². The van der Waals surface area contributed by atoms with Gasteiger partial charge in [0.25, 0.3) is 5.91 Å². The summed E-state index contributed by atoms with van der Waals surface area (Å²) in [6, 6.07) is 14.7. The maximum absolute atomic E-state index is 12.5. The predicted molar refractivity (Wildman–Crippen MR) is 82.8 cm³/mol. The van der Waals surface area contributed by atoms with E-state index < -0.39 is 0 Å². The topological polar surface area (TPSA) is 44.1 Å². The largest absolute Gasteiger partial charge is 0.310 e. The summed E-state index contributed by atoms with van der Waals surface area (Å²) < 4.78 is 0.864. The van der Waals surface area contributed by atoms with E-state index in [9.17, 15) is 4.79 Å². The first-order chi connectivity index (χ1) is 9.52. The molecule has 0 unspecified atom stereocenters. The molecule has 0 bridgehead atoms. The summed E-state index contributed by atoms with van der Waals surface area (Å²) in [7, 11) is 1.68. The second-order valence-electron chi connectivity index (χ2n) is 4.51. The summed E-state index contributed by atoms with van der Waals surface area (Å²) in [6.07, 6.45) is 0. The fourth-order valence-corrected chi connectivity index (χ4v) is 2.63. The first kappa shape index (κ1) is 14.3. The number of aryl methyl sites for hydroxylation is 1. The summed E-state index contributed by atoms with van der Waals surface area (Å²) in [6.45, 7) is 1.94. The lowest BCUT2D eigenvalue weighted by Gasteiger charge is -2.19. The SMILES string of the molecule is Cc1cc(Br)cc(C(=O)N(C)c2ccccc2C#N)c1. The Labute approximate surface area is 126 Å². The molecule has 0 saturated heterocycles. The fourth-order valence-electron chi connectivity index (χ4n) is 2.02. The van der Waals surface area contributed by atoms with Gasteiger partial charge in [-0.3, -0.25) is 4.79 Å². The van der Waals surface area contributed by atoms with Crippen LogP contribution in [0, 0.1) is 18.3 Å². The second kappa shape index (κ2) is 5.89. The van der Waals surface area contributed by atoms with Gasteiger partial charge in [0.15, 0.2) is 0 Å². The molecule has 2 aromatic carbocycles. The minimum atomic E-state index is -0.142. The van der Waals surface area contributed by atoms with Crippen molar-refractivity contribution >= 4 is 27.5 Å². The molecule has 0 aliphatic rings. The highest BCUT2D eigenvalue weighted by Crippen LogP contribution is 2.22. The molecule has 0 fully saturated rings. The van der Waals surface area contributed by atoms with Crippen LogP contribution in [-0.2, 0) is 0 Å².